The van der Waals surface area contributed by atoms with Crippen molar-refractivity contribution in [2.45, 2.75) is 83.7 Å². The van der Waals surface area contributed by atoms with Crippen LogP contribution in [0.1, 0.15) is 92.9 Å². The third-order valence-corrected chi connectivity index (χ3v) is 15.2. The number of hydrogen-bond acceptors (Lipinski definition) is 14. The fourth-order valence-electron chi connectivity index (χ4n) is 10.1. The van der Waals surface area contributed by atoms with Gasteiger partial charge in [0.15, 0.2) is 23.1 Å². The summed E-state index contributed by atoms with van der Waals surface area (Å²) in [7, 11) is 0. The lowest BCUT2D eigenvalue weighted by Crippen LogP contribution is -2.30. The van der Waals surface area contributed by atoms with Crippen molar-refractivity contribution in [2.24, 2.45) is 29.6 Å². The van der Waals surface area contributed by atoms with Gasteiger partial charge in [0.2, 0.25) is 0 Å². The van der Waals surface area contributed by atoms with Gasteiger partial charge in [-0.25, -0.2) is 29.3 Å². The number of ether oxygens (including phenoxy) is 2. The van der Waals surface area contributed by atoms with E-state index in [0.29, 0.717) is 83.1 Å². The molecule has 3 saturated carbocycles. The number of hydrogen-bond donors (Lipinski definition) is 1. The molecular formula is C65H65N11O5. The normalized spacial score (nSPS) is 16.7. The smallest absolute Gasteiger partial charge is 0.267 e. The molecule has 410 valence electrons. The minimum absolute atomic E-state index is 0.195. The van der Waals surface area contributed by atoms with Gasteiger partial charge in [-0.15, -0.1) is 0 Å². The molecule has 1 N–H and O–H groups in total. The van der Waals surface area contributed by atoms with Crippen LogP contribution in [0.15, 0.2) is 156 Å². The van der Waals surface area contributed by atoms with E-state index in [1.807, 2.05) is 66.7 Å². The summed E-state index contributed by atoms with van der Waals surface area (Å²) in [5.41, 5.74) is 7.07. The van der Waals surface area contributed by atoms with Gasteiger partial charge in [0, 0.05) is 40.3 Å². The third-order valence-electron chi connectivity index (χ3n) is 15.2. The Morgan fingerprint density at radius 1 is 0.506 bits per heavy atom. The van der Waals surface area contributed by atoms with Gasteiger partial charge in [-0.2, -0.15) is 20.7 Å². The Balaban J connectivity index is 0.000000168. The Kier molecular flexibility index (Phi) is 18.6. The molecule has 3 aliphatic carbocycles. The summed E-state index contributed by atoms with van der Waals surface area (Å²) in [5.74, 6) is 6.17. The molecule has 1 saturated heterocycles. The number of nitrogens with zero attached hydrogens (tertiary/aromatic N) is 10. The minimum atomic E-state index is -0.202. The van der Waals surface area contributed by atoms with Gasteiger partial charge >= 0.3 is 0 Å². The van der Waals surface area contributed by atoms with E-state index in [9.17, 15) is 24.9 Å². The lowest BCUT2D eigenvalue weighted by atomic mass is 9.80. The summed E-state index contributed by atoms with van der Waals surface area (Å²) in [6.07, 6.45) is 22.0. The summed E-state index contributed by atoms with van der Waals surface area (Å²) in [4.78, 5) is 52.7. The van der Waals surface area contributed by atoms with E-state index in [4.69, 9.17) is 9.47 Å². The molecule has 16 heteroatoms. The van der Waals surface area contributed by atoms with Crippen LogP contribution in [0.4, 0.5) is 0 Å². The second kappa shape index (κ2) is 27.3. The van der Waals surface area contributed by atoms with Crippen molar-refractivity contribution in [2.75, 3.05) is 26.3 Å². The zero-order valence-electron chi connectivity index (χ0n) is 45.4. The van der Waals surface area contributed by atoms with Crippen LogP contribution < -0.4 is 25.9 Å². The molecule has 4 fully saturated rings. The lowest BCUT2D eigenvalue weighted by molar-refractivity contribution is -0.108. The zero-order valence-corrected chi connectivity index (χ0v) is 45.4. The highest BCUT2D eigenvalue weighted by molar-refractivity contribution is 5.62. The molecule has 0 unspecified atom stereocenters. The van der Waals surface area contributed by atoms with Gasteiger partial charge in [-0.3, -0.25) is 9.59 Å². The van der Waals surface area contributed by atoms with Gasteiger partial charge in [0.25, 0.3) is 11.1 Å². The van der Waals surface area contributed by atoms with E-state index in [2.05, 4.69) is 47.6 Å². The second-order valence-corrected chi connectivity index (χ2v) is 21.6. The van der Waals surface area contributed by atoms with E-state index in [1.165, 1.54) is 66.4 Å². The van der Waals surface area contributed by atoms with Gasteiger partial charge in [0.1, 0.15) is 6.29 Å². The van der Waals surface area contributed by atoms with Gasteiger partial charge in [-0.1, -0.05) is 86.3 Å². The molecule has 0 bridgehead atoms. The summed E-state index contributed by atoms with van der Waals surface area (Å²) in [6.45, 7) is 4.11. The number of benzene rings is 4. The monoisotopic (exact) mass is 1080 g/mol. The highest BCUT2D eigenvalue weighted by Gasteiger charge is 2.29. The number of carbonyl (C=O) groups excluding carboxylic acids is 1. The van der Waals surface area contributed by atoms with Crippen LogP contribution in [0, 0.1) is 52.3 Å². The summed E-state index contributed by atoms with van der Waals surface area (Å²) >= 11 is 0. The van der Waals surface area contributed by atoms with E-state index in [0.717, 1.165) is 96.9 Å². The highest BCUT2D eigenvalue weighted by atomic mass is 16.5. The fourth-order valence-corrected chi connectivity index (χ4v) is 10.1. The third kappa shape index (κ3) is 16.1. The van der Waals surface area contributed by atoms with Crippen LogP contribution in [-0.4, -0.2) is 72.1 Å². The van der Waals surface area contributed by atoms with Crippen LogP contribution in [0.5, 0.6) is 11.5 Å². The molecule has 8 aromatic rings. The molecule has 0 amide bonds. The fraction of sp³-hybridized carbons (Fsp3) is 0.338. The molecule has 12 rings (SSSR count). The predicted molar refractivity (Wildman–Crippen MR) is 309 cm³/mol. The molecule has 0 radical (unpaired) electrons. The average Bonchev–Trinajstić information content (AvgIpc) is 4.51. The first kappa shape index (κ1) is 55.3. The molecule has 5 heterocycles. The van der Waals surface area contributed by atoms with Crippen LogP contribution in [0.3, 0.4) is 0 Å². The minimum Gasteiger partial charge on any atom is -0.490 e. The Morgan fingerprint density at radius 2 is 0.926 bits per heavy atom. The number of aromatic nitrogens is 8. The maximum atomic E-state index is 12.6. The Labute approximate surface area is 471 Å². The molecule has 16 nitrogen and oxygen atoms in total. The molecular weight excluding hydrogens is 1010 g/mol. The number of piperidine rings is 1. The first-order valence-electron chi connectivity index (χ1n) is 28.2. The Hall–Kier alpha value is -8.99. The highest BCUT2D eigenvalue weighted by Crippen LogP contribution is 2.41. The molecule has 0 spiro atoms. The first-order chi connectivity index (χ1) is 39.7. The number of carbonyl (C=O) groups is 1. The Morgan fingerprint density at radius 3 is 1.35 bits per heavy atom. The quantitative estimate of drug-likeness (QED) is 0.0840. The second-order valence-electron chi connectivity index (χ2n) is 21.6. The van der Waals surface area contributed by atoms with E-state index in [1.54, 1.807) is 67.3 Å². The van der Waals surface area contributed by atoms with Crippen LogP contribution >= 0.6 is 0 Å². The molecule has 1 aliphatic heterocycles. The Bertz CT molecular complexity index is 3600. The van der Waals surface area contributed by atoms with Crippen molar-refractivity contribution in [1.82, 2.24) is 44.8 Å². The lowest BCUT2D eigenvalue weighted by Gasteiger charge is -2.28. The average molecular weight is 1080 g/mol. The van der Waals surface area contributed by atoms with Crippen LogP contribution in [0.2, 0.25) is 0 Å². The zero-order chi connectivity index (χ0) is 55.8. The van der Waals surface area contributed by atoms with Gasteiger partial charge in [0.05, 0.1) is 85.7 Å². The SMILES string of the molecule is N#Cc1cccc(-c2ccc(=O)n(Cc3cccc(-c4ncc(OCC5CCC(CC6CC6)CC5)cn4)c3)n2)c1.N#Cc1cccc(-c2ccc(=O)n(Cc3cccc(-c4ncc(OCC5CCNCC5)cn4)c3)n2)c1.O=CC1CC1. The summed E-state index contributed by atoms with van der Waals surface area (Å²) < 4.78 is 14.8. The van der Waals surface area contributed by atoms with E-state index >= 15 is 0 Å². The van der Waals surface area contributed by atoms with Crippen LogP contribution in [-0.2, 0) is 17.9 Å². The van der Waals surface area contributed by atoms with Crippen molar-refractivity contribution < 1.29 is 14.3 Å². The predicted octanol–water partition coefficient (Wildman–Crippen LogP) is 10.5. The van der Waals surface area contributed by atoms with Crippen molar-refractivity contribution >= 4 is 6.29 Å². The maximum Gasteiger partial charge on any atom is 0.267 e. The van der Waals surface area contributed by atoms with Crippen molar-refractivity contribution in [3.05, 3.63) is 189 Å². The van der Waals surface area contributed by atoms with Gasteiger partial charge < -0.3 is 19.6 Å². The number of aldehydes is 1. The van der Waals surface area contributed by atoms with E-state index < -0.39 is 0 Å². The molecule has 4 aromatic heterocycles. The number of nitrogens with one attached hydrogen (secondary N) is 1. The summed E-state index contributed by atoms with van der Waals surface area (Å²) in [5, 5.41) is 30.8. The molecule has 0 atom stereocenters. The van der Waals surface area contributed by atoms with E-state index in [-0.39, 0.29) is 11.1 Å². The largest absolute Gasteiger partial charge is 0.490 e. The van der Waals surface area contributed by atoms with Crippen molar-refractivity contribution in [1.29, 1.82) is 10.5 Å². The summed E-state index contributed by atoms with van der Waals surface area (Å²) in [6, 6.07) is 40.6. The number of nitriles is 2. The molecule has 4 aromatic carbocycles. The topological polar surface area (TPSA) is 216 Å². The van der Waals surface area contributed by atoms with Crippen LogP contribution in [0.25, 0.3) is 45.3 Å². The first-order valence-corrected chi connectivity index (χ1v) is 28.2. The van der Waals surface area contributed by atoms with Gasteiger partial charge in [-0.05, 0) is 141 Å². The molecule has 81 heavy (non-hydrogen) atoms. The standard InChI is InChI=1S/C33H33N5O2.C28H26N6O2.C4H6O/c34-18-26-3-1-5-28(16-26)31-13-14-32(39)38(37-31)21-27-4-2-6-29(17-27)33-35-19-30(20-36-33)40-22-25-11-9-24(10-12-25)15-23-7-8-23;29-15-21-3-1-5-23(13-21)26-7-8-27(35)34(33-26)18-22-4-2-6-24(14-22)28-31-16-25(17-32-28)36-19-20-9-11-30-12-10-20;5-3-4-1-2-4/h1-6,13-14,16-17,19-20,23-25H,7-12,15,21-22H2;1-8,13-14,16-17,20,30H,9-12,18-19H2;3-4H,1-2H2. The van der Waals surface area contributed by atoms with Crippen molar-refractivity contribution in [3.8, 4) is 68.9 Å². The number of rotatable bonds is 17. The van der Waals surface area contributed by atoms with Crippen molar-refractivity contribution in [3.63, 3.8) is 0 Å². The molecule has 4 aliphatic rings. The maximum absolute atomic E-state index is 12.6.